The third-order valence-corrected chi connectivity index (χ3v) is 5.51. The zero-order chi connectivity index (χ0) is 16.2. The van der Waals surface area contributed by atoms with E-state index in [4.69, 9.17) is 34.3 Å². The molecule has 0 aliphatic rings. The highest BCUT2D eigenvalue weighted by atomic mass is 35.5. The third-order valence-electron chi connectivity index (χ3n) is 2.90. The van der Waals surface area contributed by atoms with Gasteiger partial charge in [-0.3, -0.25) is 0 Å². The molecule has 0 atom stereocenters. The molecule has 0 radical (unpaired) electrons. The maximum atomic E-state index is 12.7. The van der Waals surface area contributed by atoms with Gasteiger partial charge in [0.05, 0.1) is 16.5 Å². The molecule has 0 aliphatic heterocycles. The maximum Gasteiger partial charge on any atom is 0.243 e. The molecule has 0 saturated carbocycles. The van der Waals surface area contributed by atoms with Gasteiger partial charge in [0.2, 0.25) is 10.0 Å². The molecule has 0 spiro atoms. The molecule has 0 heterocycles. The first kappa shape index (κ1) is 18.3. The highest BCUT2D eigenvalue weighted by Gasteiger charge is 2.27. The molecular weight excluding hydrogens is 332 g/mol. The number of ether oxygens (including phenoxy) is 1. The Labute approximate surface area is 136 Å². The predicted octanol–water partition coefficient (Wildman–Crippen LogP) is 2.02. The summed E-state index contributed by atoms with van der Waals surface area (Å²) in [7, 11) is -2.13. The maximum absolute atomic E-state index is 12.7. The largest absolute Gasteiger partial charge is 0.389 e. The van der Waals surface area contributed by atoms with E-state index in [1.807, 2.05) is 0 Å². The van der Waals surface area contributed by atoms with E-state index >= 15 is 0 Å². The van der Waals surface area contributed by atoms with Crippen molar-refractivity contribution in [2.75, 3.05) is 20.3 Å². The molecule has 0 aliphatic carbocycles. The first-order valence-electron chi connectivity index (χ1n) is 6.32. The number of methoxy groups -OCH3 is 1. The molecule has 1 aromatic rings. The van der Waals surface area contributed by atoms with E-state index in [9.17, 15) is 8.42 Å². The van der Waals surface area contributed by atoms with Gasteiger partial charge in [0.15, 0.2) is 0 Å². The van der Waals surface area contributed by atoms with Crippen LogP contribution in [0.2, 0.25) is 5.02 Å². The van der Waals surface area contributed by atoms with Gasteiger partial charge < -0.3 is 10.5 Å². The summed E-state index contributed by atoms with van der Waals surface area (Å²) in [5.41, 5.74) is 5.98. The Morgan fingerprint density at radius 3 is 2.52 bits per heavy atom. The molecule has 8 heteroatoms. The predicted molar refractivity (Wildman–Crippen MR) is 88.2 cm³/mol. The zero-order valence-corrected chi connectivity index (χ0v) is 14.6. The second kappa shape index (κ2) is 7.51. The first-order valence-corrected chi connectivity index (χ1v) is 8.54. The lowest BCUT2D eigenvalue weighted by atomic mass is 10.2. The van der Waals surface area contributed by atoms with Gasteiger partial charge in [-0.25, -0.2) is 8.42 Å². The van der Waals surface area contributed by atoms with E-state index in [-0.39, 0.29) is 27.5 Å². The first-order chi connectivity index (χ1) is 9.71. The highest BCUT2D eigenvalue weighted by Crippen LogP contribution is 2.24. The van der Waals surface area contributed by atoms with E-state index in [1.54, 1.807) is 13.8 Å². The summed E-state index contributed by atoms with van der Waals surface area (Å²) < 4.78 is 31.6. The van der Waals surface area contributed by atoms with Crippen LogP contribution in [-0.2, 0) is 14.8 Å². The molecule has 1 aromatic carbocycles. The van der Waals surface area contributed by atoms with E-state index in [0.717, 1.165) is 0 Å². The fourth-order valence-electron chi connectivity index (χ4n) is 1.83. The Hall–Kier alpha value is -0.730. The monoisotopic (exact) mass is 350 g/mol. The normalized spacial score (nSPS) is 12.1. The van der Waals surface area contributed by atoms with Crippen LogP contribution in [0, 0.1) is 0 Å². The molecule has 0 unspecified atom stereocenters. The fourth-order valence-corrected chi connectivity index (χ4v) is 4.06. The average Bonchev–Trinajstić information content (AvgIpc) is 2.37. The van der Waals surface area contributed by atoms with Crippen molar-refractivity contribution < 1.29 is 13.2 Å². The number of hydrogen-bond donors (Lipinski definition) is 1. The minimum absolute atomic E-state index is 0.109. The molecule has 5 nitrogen and oxygen atoms in total. The Morgan fingerprint density at radius 2 is 2.10 bits per heavy atom. The summed E-state index contributed by atoms with van der Waals surface area (Å²) in [6.07, 6.45) is 0. The van der Waals surface area contributed by atoms with Gasteiger partial charge in [-0.15, -0.1) is 0 Å². The lowest BCUT2D eigenvalue weighted by Crippen LogP contribution is -2.39. The number of nitrogens with two attached hydrogens (primary N) is 1. The molecule has 0 fully saturated rings. The Kier molecular flexibility index (Phi) is 6.55. The smallest absolute Gasteiger partial charge is 0.243 e. The molecule has 1 rings (SSSR count). The molecule has 118 valence electrons. The van der Waals surface area contributed by atoms with E-state index in [2.05, 4.69) is 0 Å². The molecule has 0 saturated heterocycles. The van der Waals surface area contributed by atoms with E-state index in [1.165, 1.54) is 29.6 Å². The summed E-state index contributed by atoms with van der Waals surface area (Å²) in [6, 6.07) is 4.15. The standard InChI is InChI=1S/C13H19ClN2O3S2/c1-9(2)16(6-7-19-3)21(17,18)10-4-5-11(13(15)20)12(14)8-10/h4-5,8-9H,6-7H2,1-3H3,(H2,15,20). The lowest BCUT2D eigenvalue weighted by molar-refractivity contribution is 0.171. The van der Waals surface area contributed by atoms with Crippen LogP contribution >= 0.6 is 23.8 Å². The molecule has 0 bridgehead atoms. The van der Waals surface area contributed by atoms with Gasteiger partial charge in [-0.05, 0) is 32.0 Å². The van der Waals surface area contributed by atoms with Gasteiger partial charge in [-0.2, -0.15) is 4.31 Å². The number of benzene rings is 1. The van der Waals surface area contributed by atoms with Crippen LogP contribution in [0.5, 0.6) is 0 Å². The van der Waals surface area contributed by atoms with Crippen molar-refractivity contribution in [2.45, 2.75) is 24.8 Å². The van der Waals surface area contributed by atoms with Crippen LogP contribution in [0.15, 0.2) is 23.1 Å². The Morgan fingerprint density at radius 1 is 1.48 bits per heavy atom. The number of hydrogen-bond acceptors (Lipinski definition) is 4. The minimum atomic E-state index is -3.65. The summed E-state index contributed by atoms with van der Waals surface area (Å²) in [5, 5.41) is 0.221. The van der Waals surface area contributed by atoms with Crippen molar-refractivity contribution in [2.24, 2.45) is 5.73 Å². The minimum Gasteiger partial charge on any atom is -0.389 e. The van der Waals surface area contributed by atoms with Crippen molar-refractivity contribution in [1.82, 2.24) is 4.31 Å². The Bertz CT molecular complexity index is 618. The molecule has 0 amide bonds. The molecule has 0 aromatic heterocycles. The van der Waals surface area contributed by atoms with Crippen molar-refractivity contribution in [3.63, 3.8) is 0 Å². The summed E-state index contributed by atoms with van der Waals surface area (Å²) in [4.78, 5) is 0.237. The van der Waals surface area contributed by atoms with Crippen molar-refractivity contribution >= 4 is 38.8 Å². The number of nitrogens with zero attached hydrogens (tertiary/aromatic N) is 1. The van der Waals surface area contributed by atoms with Crippen molar-refractivity contribution in [3.8, 4) is 0 Å². The number of halogens is 1. The van der Waals surface area contributed by atoms with E-state index in [0.29, 0.717) is 12.2 Å². The van der Waals surface area contributed by atoms with Crippen LogP contribution < -0.4 is 5.73 Å². The van der Waals surface area contributed by atoms with Crippen LogP contribution in [-0.4, -0.2) is 44.0 Å². The van der Waals surface area contributed by atoms with E-state index < -0.39 is 10.0 Å². The van der Waals surface area contributed by atoms with Crippen LogP contribution in [0.1, 0.15) is 19.4 Å². The lowest BCUT2D eigenvalue weighted by Gasteiger charge is -2.25. The number of sulfonamides is 1. The number of thiocarbonyl (C=S) groups is 1. The van der Waals surface area contributed by atoms with Gasteiger partial charge in [0.25, 0.3) is 0 Å². The quantitative estimate of drug-likeness (QED) is 0.762. The van der Waals surface area contributed by atoms with Gasteiger partial charge in [-0.1, -0.05) is 23.8 Å². The SMILES string of the molecule is COCCN(C(C)C)S(=O)(=O)c1ccc(C(N)=S)c(Cl)c1. The average molecular weight is 351 g/mol. The van der Waals surface area contributed by atoms with Gasteiger partial charge in [0.1, 0.15) is 4.99 Å². The summed E-state index contributed by atoms with van der Waals surface area (Å²) >= 11 is 10.9. The van der Waals surface area contributed by atoms with Crippen LogP contribution in [0.3, 0.4) is 0 Å². The summed E-state index contributed by atoms with van der Waals surface area (Å²) in [6.45, 7) is 4.19. The summed E-state index contributed by atoms with van der Waals surface area (Å²) in [5.74, 6) is 0. The highest BCUT2D eigenvalue weighted by molar-refractivity contribution is 7.89. The number of rotatable bonds is 7. The topological polar surface area (TPSA) is 72.6 Å². The van der Waals surface area contributed by atoms with Crippen molar-refractivity contribution in [1.29, 1.82) is 0 Å². The zero-order valence-electron chi connectivity index (χ0n) is 12.2. The molecule has 21 heavy (non-hydrogen) atoms. The fraction of sp³-hybridized carbons (Fsp3) is 0.462. The second-order valence-electron chi connectivity index (χ2n) is 4.71. The molecule has 2 N–H and O–H groups in total. The van der Waals surface area contributed by atoms with Crippen molar-refractivity contribution in [3.05, 3.63) is 28.8 Å². The third kappa shape index (κ3) is 4.37. The van der Waals surface area contributed by atoms with Crippen LogP contribution in [0.4, 0.5) is 0 Å². The van der Waals surface area contributed by atoms with Gasteiger partial charge in [0, 0.05) is 25.3 Å². The second-order valence-corrected chi connectivity index (χ2v) is 7.45. The molecular formula is C13H19ClN2O3S2. The van der Waals surface area contributed by atoms with Gasteiger partial charge >= 0.3 is 0 Å². The van der Waals surface area contributed by atoms with Crippen LogP contribution in [0.25, 0.3) is 0 Å². The Balaban J connectivity index is 3.22.